The predicted molar refractivity (Wildman–Crippen MR) is 105 cm³/mol. The van der Waals surface area contributed by atoms with E-state index >= 15 is 0 Å². The zero-order valence-corrected chi connectivity index (χ0v) is 15.3. The van der Waals surface area contributed by atoms with Gasteiger partial charge in [0.2, 0.25) is 5.78 Å². The number of hydrogen-bond acceptors (Lipinski definition) is 5. The van der Waals surface area contributed by atoms with E-state index < -0.39 is 5.92 Å². The van der Waals surface area contributed by atoms with Crippen molar-refractivity contribution in [3.05, 3.63) is 70.7 Å². The molecule has 6 heteroatoms. The van der Waals surface area contributed by atoms with Crippen LogP contribution in [0.2, 0.25) is 0 Å². The molecule has 0 bridgehead atoms. The lowest BCUT2D eigenvalue weighted by molar-refractivity contribution is 0.0975. The van der Waals surface area contributed by atoms with E-state index in [2.05, 4.69) is 16.0 Å². The fourth-order valence-electron chi connectivity index (χ4n) is 2.91. The molecule has 0 spiro atoms. The molecular weight excluding hydrogens is 358 g/mol. The first-order chi connectivity index (χ1) is 13.2. The molecule has 0 saturated carbocycles. The maximum Gasteiger partial charge on any atom is 0.203 e. The van der Waals surface area contributed by atoms with Gasteiger partial charge in [0.25, 0.3) is 0 Å². The second-order valence-electron chi connectivity index (χ2n) is 6.00. The lowest BCUT2D eigenvalue weighted by atomic mass is 10.0. The van der Waals surface area contributed by atoms with Crippen LogP contribution >= 0.6 is 11.3 Å². The molecule has 1 N–H and O–H groups in total. The van der Waals surface area contributed by atoms with E-state index in [1.807, 2.05) is 53.9 Å². The van der Waals surface area contributed by atoms with Crippen LogP contribution < -0.4 is 4.74 Å². The molecule has 0 unspecified atom stereocenters. The first-order valence-corrected chi connectivity index (χ1v) is 9.19. The van der Waals surface area contributed by atoms with Gasteiger partial charge in [-0.3, -0.25) is 4.79 Å². The Morgan fingerprint density at radius 3 is 2.78 bits per heavy atom. The molecule has 0 aliphatic rings. The molecule has 0 fully saturated rings. The van der Waals surface area contributed by atoms with Gasteiger partial charge in [0.1, 0.15) is 10.8 Å². The minimum absolute atomic E-state index is 0.290. The number of ether oxygens (including phenoxy) is 1. The zero-order valence-electron chi connectivity index (χ0n) is 14.5. The number of nitrogens with one attached hydrogen (secondary N) is 1. The predicted octanol–water partition coefficient (Wildman–Crippen LogP) is 4.79. The number of aromatic nitrogens is 2. The highest BCUT2D eigenvalue weighted by Gasteiger charge is 2.26. The van der Waals surface area contributed by atoms with Crippen molar-refractivity contribution >= 4 is 28.0 Å². The fourth-order valence-corrected chi connectivity index (χ4v) is 3.78. The molecule has 4 aromatic rings. The number of fused-ring (bicyclic) bond motifs is 1. The molecule has 2 aromatic heterocycles. The molecule has 5 nitrogen and oxygen atoms in total. The molecule has 0 aliphatic heterocycles. The first kappa shape index (κ1) is 17.0. The Bertz CT molecular complexity index is 1160. The number of benzene rings is 2. The summed E-state index contributed by atoms with van der Waals surface area (Å²) in [5.74, 6) is -0.531. The lowest BCUT2D eigenvalue weighted by Crippen LogP contribution is -2.11. The summed E-state index contributed by atoms with van der Waals surface area (Å²) in [6.45, 7) is 0. The molecular formula is C21H15N3O2S. The van der Waals surface area contributed by atoms with Crippen LogP contribution in [-0.4, -0.2) is 22.9 Å². The van der Waals surface area contributed by atoms with Crippen molar-refractivity contribution in [3.63, 3.8) is 0 Å². The van der Waals surface area contributed by atoms with Gasteiger partial charge >= 0.3 is 0 Å². The van der Waals surface area contributed by atoms with E-state index in [4.69, 9.17) is 4.74 Å². The van der Waals surface area contributed by atoms with E-state index in [0.29, 0.717) is 16.5 Å². The maximum atomic E-state index is 12.9. The highest BCUT2D eigenvalue weighted by atomic mass is 32.1. The minimum Gasteiger partial charge on any atom is -0.497 e. The molecule has 2 heterocycles. The Morgan fingerprint density at radius 2 is 2.04 bits per heavy atom. The number of carbonyl (C=O) groups excluding carboxylic acids is 1. The van der Waals surface area contributed by atoms with Gasteiger partial charge in [-0.2, -0.15) is 5.26 Å². The average Bonchev–Trinajstić information content (AvgIpc) is 3.36. The normalized spacial score (nSPS) is 11.9. The van der Waals surface area contributed by atoms with Crippen molar-refractivity contribution in [3.8, 4) is 23.1 Å². The third kappa shape index (κ3) is 3.21. The second-order valence-corrected chi connectivity index (χ2v) is 6.89. The monoisotopic (exact) mass is 373 g/mol. The number of carbonyl (C=O) groups is 1. The number of ketones is 1. The summed E-state index contributed by atoms with van der Waals surface area (Å²) in [4.78, 5) is 20.5. The van der Waals surface area contributed by atoms with E-state index in [0.717, 1.165) is 22.2 Å². The number of thiazole rings is 1. The van der Waals surface area contributed by atoms with E-state index in [9.17, 15) is 10.1 Å². The molecule has 1 atom stereocenters. The Hall–Kier alpha value is -3.43. The number of nitrogens with zero attached hydrogens (tertiary/aromatic N) is 2. The largest absolute Gasteiger partial charge is 0.497 e. The highest BCUT2D eigenvalue weighted by Crippen LogP contribution is 2.29. The van der Waals surface area contributed by atoms with Crippen LogP contribution in [0.1, 0.15) is 21.4 Å². The van der Waals surface area contributed by atoms with Gasteiger partial charge in [0, 0.05) is 27.9 Å². The van der Waals surface area contributed by atoms with Crippen molar-refractivity contribution in [2.24, 2.45) is 0 Å². The number of nitriles is 1. The number of H-pyrrole nitrogens is 1. The van der Waals surface area contributed by atoms with Crippen LogP contribution in [0.25, 0.3) is 22.2 Å². The molecule has 0 amide bonds. The van der Waals surface area contributed by atoms with Gasteiger partial charge in [-0.1, -0.05) is 30.3 Å². The molecule has 0 aliphatic carbocycles. The van der Waals surface area contributed by atoms with Crippen LogP contribution in [0.3, 0.4) is 0 Å². The van der Waals surface area contributed by atoms with Gasteiger partial charge in [-0.15, -0.1) is 11.3 Å². The topological polar surface area (TPSA) is 78.8 Å². The van der Waals surface area contributed by atoms with Crippen LogP contribution in [0, 0.1) is 11.3 Å². The number of methoxy groups -OCH3 is 1. The lowest BCUT2D eigenvalue weighted by Gasteiger charge is -2.03. The number of rotatable bonds is 5. The number of hydrogen-bond donors (Lipinski definition) is 1. The standard InChI is InChI=1S/C21H15N3O2S/c1-26-15-8-7-14-9-18(23-17(14)10-15)20(25)16(11-22)21-24-19(12-27-21)13-5-3-2-4-6-13/h2-10,12,16,23H,1H3/t16-/m1/s1. The van der Waals surface area contributed by atoms with Crippen molar-refractivity contribution in [1.29, 1.82) is 5.26 Å². The number of Topliss-reactive ketones (excluding diaryl/α,β-unsaturated/α-hetero) is 1. The van der Waals surface area contributed by atoms with Gasteiger partial charge in [-0.05, 0) is 18.2 Å². The van der Waals surface area contributed by atoms with Crippen LogP contribution in [0.15, 0.2) is 60.0 Å². The molecule has 27 heavy (non-hydrogen) atoms. The fraction of sp³-hybridized carbons (Fsp3) is 0.0952. The van der Waals surface area contributed by atoms with Gasteiger partial charge in [-0.25, -0.2) is 4.98 Å². The quantitative estimate of drug-likeness (QED) is 0.510. The van der Waals surface area contributed by atoms with Crippen LogP contribution in [-0.2, 0) is 0 Å². The molecule has 2 aromatic carbocycles. The number of aromatic amines is 1. The van der Waals surface area contributed by atoms with Gasteiger partial charge in [0.05, 0.1) is 24.6 Å². The SMILES string of the molecule is COc1ccc2cc(C(=O)[C@@H](C#N)c3nc(-c4ccccc4)cs3)[nH]c2c1. The third-order valence-electron chi connectivity index (χ3n) is 4.32. The molecule has 4 rings (SSSR count). The summed E-state index contributed by atoms with van der Waals surface area (Å²) in [6, 6.07) is 19.1. The second kappa shape index (κ2) is 7.06. The molecule has 132 valence electrons. The summed E-state index contributed by atoms with van der Waals surface area (Å²) in [5, 5.41) is 12.9. The summed E-state index contributed by atoms with van der Waals surface area (Å²) < 4.78 is 5.21. The summed E-state index contributed by atoms with van der Waals surface area (Å²) in [6.07, 6.45) is 0. The Morgan fingerprint density at radius 1 is 1.22 bits per heavy atom. The van der Waals surface area contributed by atoms with E-state index in [1.165, 1.54) is 11.3 Å². The van der Waals surface area contributed by atoms with E-state index in [1.54, 1.807) is 13.2 Å². The summed E-state index contributed by atoms with van der Waals surface area (Å²) >= 11 is 1.32. The van der Waals surface area contributed by atoms with Gasteiger partial charge in [0.15, 0.2) is 5.92 Å². The highest BCUT2D eigenvalue weighted by molar-refractivity contribution is 7.10. The third-order valence-corrected chi connectivity index (χ3v) is 5.23. The average molecular weight is 373 g/mol. The smallest absolute Gasteiger partial charge is 0.203 e. The maximum absolute atomic E-state index is 12.9. The van der Waals surface area contributed by atoms with Crippen molar-refractivity contribution in [1.82, 2.24) is 9.97 Å². The molecule has 0 saturated heterocycles. The van der Waals surface area contributed by atoms with E-state index in [-0.39, 0.29) is 5.78 Å². The zero-order chi connectivity index (χ0) is 18.8. The first-order valence-electron chi connectivity index (χ1n) is 8.31. The Kier molecular flexibility index (Phi) is 4.45. The van der Waals surface area contributed by atoms with Crippen molar-refractivity contribution < 1.29 is 9.53 Å². The van der Waals surface area contributed by atoms with Crippen LogP contribution in [0.4, 0.5) is 0 Å². The Balaban J connectivity index is 1.66. The summed E-state index contributed by atoms with van der Waals surface area (Å²) in [7, 11) is 1.59. The van der Waals surface area contributed by atoms with Gasteiger partial charge < -0.3 is 9.72 Å². The van der Waals surface area contributed by atoms with Crippen molar-refractivity contribution in [2.45, 2.75) is 5.92 Å². The molecule has 0 radical (unpaired) electrons. The summed E-state index contributed by atoms with van der Waals surface area (Å²) in [5.41, 5.74) is 2.91. The minimum atomic E-state index is -0.942. The van der Waals surface area contributed by atoms with Crippen molar-refractivity contribution in [2.75, 3.05) is 7.11 Å². The van der Waals surface area contributed by atoms with Crippen LogP contribution in [0.5, 0.6) is 5.75 Å². The Labute approximate surface area is 159 Å².